The second kappa shape index (κ2) is 24.9. The van der Waals surface area contributed by atoms with E-state index in [-0.39, 0.29) is 74.6 Å². The van der Waals surface area contributed by atoms with Gasteiger partial charge in [0.1, 0.15) is 24.2 Å². The third-order valence-electron chi connectivity index (χ3n) is 16.3. The Hall–Kier alpha value is -7.43. The molecule has 7 amide bonds. The van der Waals surface area contributed by atoms with Crippen molar-refractivity contribution in [1.29, 1.82) is 0 Å². The maximum atomic E-state index is 15.5. The standard InChI is InChI=1S/C64H81N9O7/c1-39(65-9)56(74)69-54(63(3,4)5)61(79)72-37-48-22-14-13-21-47(48)33-53(72)60(78)71(36-42-28-29-43-18-11-12-20-46(43)32-42)35-41-26-30-45(31-27-41)58(76)67-49-34-52(59(77)68-51-25-17-23-44-19-15-16-24-50(44)51)73(38-49)62(80)55(64(6,7)8)70-57(75)40(2)66-10/h11-16,18-22,24,26-32,39-40,49,51-55,65-66H,17,23,25,33-38H2,1-10H3,(H,67,76)(H,68,77)(H,69,74)(H,70,75)/t39-,40-,49-,51+,52-,53-,54?,55+/m0/s1. The minimum absolute atomic E-state index is 0.0426. The van der Waals surface area contributed by atoms with Crippen molar-refractivity contribution in [1.82, 2.24) is 46.6 Å². The van der Waals surface area contributed by atoms with Gasteiger partial charge in [0.05, 0.1) is 18.1 Å². The molecule has 1 saturated heterocycles. The fraction of sp³-hybridized carbons (Fsp3) is 0.453. The summed E-state index contributed by atoms with van der Waals surface area (Å²) < 4.78 is 0. The second-order valence-electron chi connectivity index (χ2n) is 24.2. The lowest BCUT2D eigenvalue weighted by atomic mass is 9.84. The number of hydrogen-bond acceptors (Lipinski definition) is 9. The number of nitrogens with one attached hydrogen (secondary N) is 6. The van der Waals surface area contributed by atoms with Gasteiger partial charge in [-0.2, -0.15) is 0 Å². The number of benzene rings is 5. The lowest BCUT2D eigenvalue weighted by molar-refractivity contribution is -0.151. The molecule has 0 aromatic heterocycles. The number of carbonyl (C=O) groups is 7. The molecule has 0 saturated carbocycles. The van der Waals surface area contributed by atoms with Crippen molar-refractivity contribution < 1.29 is 33.6 Å². The van der Waals surface area contributed by atoms with Gasteiger partial charge in [-0.3, -0.25) is 33.6 Å². The molecule has 0 spiro atoms. The van der Waals surface area contributed by atoms with E-state index in [0.29, 0.717) is 5.56 Å². The average molecular weight is 1090 g/mol. The van der Waals surface area contributed by atoms with Gasteiger partial charge < -0.3 is 46.6 Å². The number of carbonyl (C=O) groups excluding carboxylic acids is 7. The van der Waals surface area contributed by atoms with E-state index in [0.717, 1.165) is 57.9 Å². The van der Waals surface area contributed by atoms with Crippen molar-refractivity contribution in [3.8, 4) is 0 Å². The summed E-state index contributed by atoms with van der Waals surface area (Å²) in [7, 11) is 3.36. The summed E-state index contributed by atoms with van der Waals surface area (Å²) in [5.74, 6) is -2.41. The monoisotopic (exact) mass is 1090 g/mol. The number of fused-ring (bicyclic) bond motifs is 3. The molecule has 8 rings (SSSR count). The molecule has 5 aromatic rings. The first-order valence-corrected chi connectivity index (χ1v) is 28.2. The van der Waals surface area contributed by atoms with Crippen LogP contribution >= 0.6 is 0 Å². The lowest BCUT2D eigenvalue weighted by Crippen LogP contribution is -2.62. The number of nitrogens with zero attached hydrogens (tertiary/aromatic N) is 3. The van der Waals surface area contributed by atoms with Gasteiger partial charge in [-0.1, -0.05) is 139 Å². The van der Waals surface area contributed by atoms with Crippen molar-refractivity contribution >= 4 is 52.1 Å². The predicted molar refractivity (Wildman–Crippen MR) is 311 cm³/mol. The highest BCUT2D eigenvalue weighted by atomic mass is 16.2. The van der Waals surface area contributed by atoms with Crippen LogP contribution in [0, 0.1) is 10.8 Å². The molecule has 424 valence electrons. The Bertz CT molecular complexity index is 3090. The molecule has 2 aliphatic heterocycles. The van der Waals surface area contributed by atoms with Crippen LogP contribution in [-0.4, -0.2) is 119 Å². The second-order valence-corrected chi connectivity index (χ2v) is 24.2. The minimum Gasteiger partial charge on any atom is -0.347 e. The van der Waals surface area contributed by atoms with E-state index < -0.39 is 64.9 Å². The van der Waals surface area contributed by atoms with Crippen LogP contribution in [0.1, 0.15) is 124 Å². The van der Waals surface area contributed by atoms with E-state index >= 15 is 9.59 Å². The number of hydrogen-bond donors (Lipinski definition) is 6. The van der Waals surface area contributed by atoms with Gasteiger partial charge >= 0.3 is 0 Å². The number of aryl methyl sites for hydroxylation is 1. The normalized spacial score (nSPS) is 19.6. The van der Waals surface area contributed by atoms with Gasteiger partial charge in [0.2, 0.25) is 35.4 Å². The molecule has 0 radical (unpaired) electrons. The third-order valence-corrected chi connectivity index (χ3v) is 16.3. The van der Waals surface area contributed by atoms with Crippen molar-refractivity contribution in [2.45, 2.75) is 155 Å². The largest absolute Gasteiger partial charge is 0.347 e. The SMILES string of the molecule is CN[C@@H](C)C(=O)NC(C(=O)N1Cc2ccccc2C[C@H]1C(=O)N(Cc1ccc(C(=O)N[C@H]2C[C@@H](C(=O)N[C@@H]3CCCc4ccccc43)N(C(=O)[C@@H](NC(=O)[C@H](C)NC)C(C)(C)C)C2)cc1)Cc1ccc2ccccc2c1)C(C)(C)C. The Labute approximate surface area is 471 Å². The maximum absolute atomic E-state index is 15.5. The number of rotatable bonds is 17. The van der Waals surface area contributed by atoms with Gasteiger partial charge in [-0.05, 0) is 127 Å². The lowest BCUT2D eigenvalue weighted by Gasteiger charge is -2.42. The molecule has 80 heavy (non-hydrogen) atoms. The highest BCUT2D eigenvalue weighted by molar-refractivity contribution is 5.97. The molecular weight excluding hydrogens is 1010 g/mol. The predicted octanol–water partition coefficient (Wildman–Crippen LogP) is 6.49. The zero-order chi connectivity index (χ0) is 57.6. The van der Waals surface area contributed by atoms with Crippen molar-refractivity contribution in [2.24, 2.45) is 10.8 Å². The molecule has 8 atom stereocenters. The molecule has 1 fully saturated rings. The Balaban J connectivity index is 1.05. The summed E-state index contributed by atoms with van der Waals surface area (Å²) in [5.41, 5.74) is 4.69. The number of likely N-dealkylation sites (N-methyl/N-ethyl adjacent to an activating group) is 2. The number of amides is 7. The van der Waals surface area contributed by atoms with Crippen LogP contribution in [0.3, 0.4) is 0 Å². The molecule has 16 nitrogen and oxygen atoms in total. The molecule has 3 aliphatic rings. The quantitative estimate of drug-likeness (QED) is 0.0602. The van der Waals surface area contributed by atoms with Crippen molar-refractivity contribution in [2.75, 3.05) is 20.6 Å². The van der Waals surface area contributed by atoms with Gasteiger partial charge in [-0.15, -0.1) is 0 Å². The van der Waals surface area contributed by atoms with E-state index in [1.54, 1.807) is 49.9 Å². The Kier molecular flexibility index (Phi) is 18.3. The Morgan fingerprint density at radius 1 is 0.613 bits per heavy atom. The fourth-order valence-electron chi connectivity index (χ4n) is 11.2. The first-order chi connectivity index (χ1) is 38.0. The van der Waals surface area contributed by atoms with Gasteiger partial charge in [0.15, 0.2) is 0 Å². The van der Waals surface area contributed by atoms with Crippen LogP contribution in [0.4, 0.5) is 0 Å². The fourth-order valence-corrected chi connectivity index (χ4v) is 11.2. The van der Waals surface area contributed by atoms with Crippen LogP contribution in [0.5, 0.6) is 0 Å². The van der Waals surface area contributed by atoms with E-state index in [1.165, 1.54) is 10.5 Å². The summed E-state index contributed by atoms with van der Waals surface area (Å²) in [5, 5.41) is 20.3. The molecule has 16 heteroatoms. The van der Waals surface area contributed by atoms with Gasteiger partial charge in [0.25, 0.3) is 5.91 Å². The first kappa shape index (κ1) is 58.7. The third kappa shape index (κ3) is 13.6. The summed E-state index contributed by atoms with van der Waals surface area (Å²) >= 11 is 0. The molecule has 5 aromatic carbocycles. The van der Waals surface area contributed by atoms with E-state index in [4.69, 9.17) is 0 Å². The van der Waals surface area contributed by atoms with Gasteiger partial charge in [-0.25, -0.2) is 0 Å². The Morgan fingerprint density at radius 2 is 1.16 bits per heavy atom. The van der Waals surface area contributed by atoms with Crippen molar-refractivity contribution in [3.63, 3.8) is 0 Å². The van der Waals surface area contributed by atoms with E-state index in [9.17, 15) is 24.0 Å². The molecular formula is C64H81N9O7. The van der Waals surface area contributed by atoms with Crippen LogP contribution in [0.15, 0.2) is 115 Å². The highest BCUT2D eigenvalue weighted by Gasteiger charge is 2.47. The van der Waals surface area contributed by atoms with Crippen LogP contribution in [-0.2, 0) is 61.2 Å². The van der Waals surface area contributed by atoms with E-state index in [1.807, 2.05) is 133 Å². The minimum atomic E-state index is -0.969. The zero-order valence-corrected chi connectivity index (χ0v) is 48.2. The summed E-state index contributed by atoms with van der Waals surface area (Å²) in [6, 6.07) is 31.4. The highest BCUT2D eigenvalue weighted by Crippen LogP contribution is 2.33. The summed E-state index contributed by atoms with van der Waals surface area (Å²) in [4.78, 5) is 106. The van der Waals surface area contributed by atoms with Crippen LogP contribution in [0.2, 0.25) is 0 Å². The molecule has 2 heterocycles. The topological polar surface area (TPSA) is 201 Å². The maximum Gasteiger partial charge on any atom is 0.251 e. The molecule has 1 aliphatic carbocycles. The smallest absolute Gasteiger partial charge is 0.251 e. The van der Waals surface area contributed by atoms with E-state index in [2.05, 4.69) is 44.0 Å². The molecule has 6 N–H and O–H groups in total. The average Bonchev–Trinajstić information content (AvgIpc) is 3.91. The summed E-state index contributed by atoms with van der Waals surface area (Å²) in [6.07, 6.45) is 3.00. The molecule has 1 unspecified atom stereocenters. The van der Waals surface area contributed by atoms with Gasteiger partial charge in [0, 0.05) is 44.2 Å². The Morgan fingerprint density at radius 3 is 1.79 bits per heavy atom. The van der Waals surface area contributed by atoms with Crippen LogP contribution < -0.4 is 31.9 Å². The molecule has 0 bridgehead atoms. The zero-order valence-electron chi connectivity index (χ0n) is 48.2. The van der Waals surface area contributed by atoms with Crippen molar-refractivity contribution in [3.05, 3.63) is 154 Å². The first-order valence-electron chi connectivity index (χ1n) is 28.2. The number of likely N-dealkylation sites (tertiary alicyclic amines) is 1. The van der Waals surface area contributed by atoms with Crippen LogP contribution in [0.25, 0.3) is 10.8 Å². The summed E-state index contributed by atoms with van der Waals surface area (Å²) in [6.45, 7) is 15.4.